The molecule has 1 heterocycles. The third kappa shape index (κ3) is 6.95. The highest BCUT2D eigenvalue weighted by Gasteiger charge is 1.97. The van der Waals surface area contributed by atoms with Crippen LogP contribution in [0, 0.1) is 0 Å². The Balaban J connectivity index is 2.01. The molecule has 0 atom stereocenters. The van der Waals surface area contributed by atoms with Crippen molar-refractivity contribution in [2.45, 2.75) is 44.9 Å². The first kappa shape index (κ1) is 10.9. The highest BCUT2D eigenvalue weighted by Crippen LogP contribution is 2.08. The van der Waals surface area contributed by atoms with E-state index < -0.39 is 0 Å². The van der Waals surface area contributed by atoms with Gasteiger partial charge in [0.05, 0.1) is 13.2 Å². The van der Waals surface area contributed by atoms with Crippen LogP contribution in [0.25, 0.3) is 0 Å². The summed E-state index contributed by atoms with van der Waals surface area (Å²) in [6.07, 6.45) is 8.30. The number of rotatable bonds is 0. The summed E-state index contributed by atoms with van der Waals surface area (Å²) in [4.78, 5) is 9.40. The van der Waals surface area contributed by atoms with Crippen molar-refractivity contribution >= 4 is 0 Å². The van der Waals surface area contributed by atoms with E-state index in [0.29, 0.717) is 13.2 Å². The Morgan fingerprint density at radius 2 is 0.846 bits per heavy atom. The van der Waals surface area contributed by atoms with Crippen LogP contribution in [0.2, 0.25) is 0 Å². The van der Waals surface area contributed by atoms with Crippen molar-refractivity contribution in [3.8, 4) is 0 Å². The van der Waals surface area contributed by atoms with E-state index >= 15 is 0 Å². The molecular weight excluding hydrogens is 172 g/mol. The summed E-state index contributed by atoms with van der Waals surface area (Å²) in [6, 6.07) is 0. The van der Waals surface area contributed by atoms with Crippen molar-refractivity contribution in [2.24, 2.45) is 0 Å². The fourth-order valence-corrected chi connectivity index (χ4v) is 1.31. The molecule has 4 nitrogen and oxygen atoms in total. The van der Waals surface area contributed by atoms with Gasteiger partial charge in [0.25, 0.3) is 0 Å². The summed E-state index contributed by atoms with van der Waals surface area (Å²) >= 11 is 0. The van der Waals surface area contributed by atoms with Gasteiger partial charge in [-0.2, -0.15) is 0 Å². The van der Waals surface area contributed by atoms with Crippen LogP contribution in [-0.2, 0) is 19.9 Å². The molecule has 1 fully saturated rings. The summed E-state index contributed by atoms with van der Waals surface area (Å²) in [5, 5.41) is 8.65. The standard InChI is InChI=1S/C9H18O4/c1-2-4-6-8-10-12-13-11-9-7-5-3-1/h1-9H2. The molecule has 0 aromatic heterocycles. The average molecular weight is 190 g/mol. The van der Waals surface area contributed by atoms with Crippen LogP contribution in [0.5, 0.6) is 0 Å². The van der Waals surface area contributed by atoms with Crippen molar-refractivity contribution in [1.29, 1.82) is 0 Å². The molecular formula is C9H18O4. The Labute approximate surface area is 78.9 Å². The summed E-state index contributed by atoms with van der Waals surface area (Å²) in [5.41, 5.74) is 0. The molecule has 0 aliphatic carbocycles. The molecule has 0 bridgehead atoms. The van der Waals surface area contributed by atoms with Gasteiger partial charge in [0.2, 0.25) is 0 Å². The zero-order valence-electron chi connectivity index (χ0n) is 8.00. The van der Waals surface area contributed by atoms with Gasteiger partial charge in [-0.15, -0.1) is 0 Å². The molecule has 0 radical (unpaired) electrons. The van der Waals surface area contributed by atoms with Crippen molar-refractivity contribution in [3.63, 3.8) is 0 Å². The minimum Gasteiger partial charge on any atom is -0.204 e. The highest BCUT2D eigenvalue weighted by molar-refractivity contribution is 4.45. The molecule has 0 aromatic rings. The molecule has 0 aromatic carbocycles. The molecule has 13 heavy (non-hydrogen) atoms. The summed E-state index contributed by atoms with van der Waals surface area (Å²) in [5.74, 6) is 0. The maximum Gasteiger partial charge on any atom is 0.0854 e. The van der Waals surface area contributed by atoms with Gasteiger partial charge in [0, 0.05) is 0 Å². The molecule has 0 spiro atoms. The lowest BCUT2D eigenvalue weighted by atomic mass is 10.1. The second kappa shape index (κ2) is 8.44. The van der Waals surface area contributed by atoms with E-state index in [1.54, 1.807) is 0 Å². The zero-order chi connectivity index (χ0) is 9.19. The number of hydrogen-bond acceptors (Lipinski definition) is 4. The van der Waals surface area contributed by atoms with Crippen LogP contribution in [0.1, 0.15) is 44.9 Å². The minimum absolute atomic E-state index is 0.573. The van der Waals surface area contributed by atoms with Gasteiger partial charge >= 0.3 is 0 Å². The summed E-state index contributed by atoms with van der Waals surface area (Å²) < 4.78 is 0. The maximum absolute atomic E-state index is 4.70. The minimum atomic E-state index is 0.573. The van der Waals surface area contributed by atoms with Gasteiger partial charge in [0.1, 0.15) is 0 Å². The second-order valence-electron chi connectivity index (χ2n) is 3.25. The molecule has 1 aliphatic heterocycles. The first-order chi connectivity index (χ1) is 6.50. The smallest absolute Gasteiger partial charge is 0.0854 e. The van der Waals surface area contributed by atoms with Crippen LogP contribution >= 0.6 is 0 Å². The van der Waals surface area contributed by atoms with Gasteiger partial charge in [0.15, 0.2) is 0 Å². The van der Waals surface area contributed by atoms with E-state index in [4.69, 9.17) is 9.78 Å². The van der Waals surface area contributed by atoms with E-state index in [-0.39, 0.29) is 0 Å². The molecule has 1 saturated heterocycles. The van der Waals surface area contributed by atoms with Crippen LogP contribution in [-0.4, -0.2) is 13.2 Å². The Morgan fingerprint density at radius 3 is 1.31 bits per heavy atom. The van der Waals surface area contributed by atoms with E-state index in [9.17, 15) is 0 Å². The molecule has 0 N–H and O–H groups in total. The Morgan fingerprint density at radius 1 is 0.462 bits per heavy atom. The van der Waals surface area contributed by atoms with Gasteiger partial charge in [-0.05, 0) is 22.9 Å². The van der Waals surface area contributed by atoms with E-state index in [2.05, 4.69) is 10.1 Å². The summed E-state index contributed by atoms with van der Waals surface area (Å²) in [6.45, 7) is 1.15. The molecule has 0 amide bonds. The van der Waals surface area contributed by atoms with Gasteiger partial charge in [-0.25, -0.2) is 9.78 Å². The normalized spacial score (nSPS) is 24.0. The van der Waals surface area contributed by atoms with Crippen molar-refractivity contribution in [3.05, 3.63) is 0 Å². The number of hydrogen-bond donors (Lipinski definition) is 0. The SMILES string of the molecule is C1CCCCOOOOCCCC1. The van der Waals surface area contributed by atoms with Crippen LogP contribution < -0.4 is 0 Å². The van der Waals surface area contributed by atoms with Gasteiger partial charge in [-0.3, -0.25) is 0 Å². The maximum atomic E-state index is 4.70. The zero-order valence-corrected chi connectivity index (χ0v) is 8.00. The molecule has 1 aliphatic rings. The van der Waals surface area contributed by atoms with Crippen LogP contribution in [0.4, 0.5) is 0 Å². The quantitative estimate of drug-likeness (QED) is 0.550. The topological polar surface area (TPSA) is 36.9 Å². The molecule has 1 rings (SSSR count). The molecule has 4 heteroatoms. The van der Waals surface area contributed by atoms with Crippen LogP contribution in [0.3, 0.4) is 0 Å². The lowest BCUT2D eigenvalue weighted by molar-refractivity contribution is -0.634. The van der Waals surface area contributed by atoms with Crippen molar-refractivity contribution in [1.82, 2.24) is 0 Å². The fraction of sp³-hybridized carbons (Fsp3) is 1.00. The largest absolute Gasteiger partial charge is 0.204 e. The molecule has 78 valence electrons. The Bertz CT molecular complexity index is 59.7. The first-order valence-electron chi connectivity index (χ1n) is 5.08. The molecule has 0 saturated carbocycles. The van der Waals surface area contributed by atoms with E-state index in [1.807, 2.05) is 0 Å². The lowest BCUT2D eigenvalue weighted by Crippen LogP contribution is -2.00. The average Bonchev–Trinajstić information content (AvgIpc) is 2.18. The highest BCUT2D eigenvalue weighted by atomic mass is 17.7. The van der Waals surface area contributed by atoms with Crippen molar-refractivity contribution in [2.75, 3.05) is 13.2 Å². The van der Waals surface area contributed by atoms with Gasteiger partial charge < -0.3 is 0 Å². The predicted molar refractivity (Wildman–Crippen MR) is 46.4 cm³/mol. The van der Waals surface area contributed by atoms with E-state index in [1.165, 1.54) is 32.1 Å². The monoisotopic (exact) mass is 190 g/mol. The third-order valence-corrected chi connectivity index (χ3v) is 2.08. The first-order valence-corrected chi connectivity index (χ1v) is 5.08. The Kier molecular flexibility index (Phi) is 7.09. The van der Waals surface area contributed by atoms with Crippen LogP contribution in [0.15, 0.2) is 0 Å². The second-order valence-corrected chi connectivity index (χ2v) is 3.25. The van der Waals surface area contributed by atoms with Crippen molar-refractivity contribution < 1.29 is 19.9 Å². The predicted octanol–water partition coefficient (Wildman–Crippen LogP) is 2.54. The third-order valence-electron chi connectivity index (χ3n) is 2.08. The fourth-order valence-electron chi connectivity index (χ4n) is 1.31. The van der Waals surface area contributed by atoms with Gasteiger partial charge in [-0.1, -0.05) is 32.1 Å². The van der Waals surface area contributed by atoms with E-state index in [0.717, 1.165) is 12.8 Å². The summed E-state index contributed by atoms with van der Waals surface area (Å²) in [7, 11) is 0. The Hall–Kier alpha value is -0.160. The lowest BCUT2D eigenvalue weighted by Gasteiger charge is -2.00. The molecule has 0 unspecified atom stereocenters.